The highest BCUT2D eigenvalue weighted by Crippen LogP contribution is 2.23. The molecule has 6 heteroatoms. The van der Waals surface area contributed by atoms with Crippen LogP contribution in [-0.4, -0.2) is 21.8 Å². The van der Waals surface area contributed by atoms with Gasteiger partial charge in [-0.2, -0.15) is 10.2 Å². The third kappa shape index (κ3) is 3.12. The number of aromatic amines is 1. The second-order valence-corrected chi connectivity index (χ2v) is 5.84. The van der Waals surface area contributed by atoms with E-state index >= 15 is 0 Å². The van der Waals surface area contributed by atoms with Gasteiger partial charge in [0.1, 0.15) is 17.2 Å². The fraction of sp³-hybridized carbons (Fsp3) is 0.0500. The average Bonchev–Trinajstić information content (AvgIpc) is 3.37. The predicted molar refractivity (Wildman–Crippen MR) is 99.9 cm³/mol. The first-order chi connectivity index (χ1) is 12.7. The molecule has 4 aromatic rings. The molecular weight excluding hydrogens is 328 g/mol. The van der Waals surface area contributed by atoms with Crippen LogP contribution in [0.25, 0.3) is 22.0 Å². The summed E-state index contributed by atoms with van der Waals surface area (Å²) < 4.78 is 5.23. The molecule has 0 bridgehead atoms. The fourth-order valence-electron chi connectivity index (χ4n) is 2.67. The van der Waals surface area contributed by atoms with E-state index in [1.165, 1.54) is 0 Å². The Bertz CT molecular complexity index is 1090. The Kier molecular flexibility index (Phi) is 4.07. The molecule has 2 aromatic heterocycles. The van der Waals surface area contributed by atoms with Crippen molar-refractivity contribution in [3.05, 3.63) is 78.4 Å². The Labute approximate surface area is 149 Å². The zero-order valence-corrected chi connectivity index (χ0v) is 14.1. The maximum Gasteiger partial charge on any atom is 0.289 e. The quantitative estimate of drug-likeness (QED) is 0.434. The summed E-state index contributed by atoms with van der Waals surface area (Å²) >= 11 is 0. The third-order valence-electron chi connectivity index (χ3n) is 4.07. The Morgan fingerprint density at radius 3 is 2.73 bits per heavy atom. The summed E-state index contributed by atoms with van der Waals surface area (Å²) in [6.45, 7) is 1.76. The molecule has 1 amide bonds. The SMILES string of the molecule is C/C(=N/NC(=O)c1cc(-c2ccc3ccccc3c2)n[nH]1)c1ccco1. The number of H-pyrrole nitrogens is 1. The summed E-state index contributed by atoms with van der Waals surface area (Å²) in [6, 6.07) is 19.4. The summed E-state index contributed by atoms with van der Waals surface area (Å²) in [4.78, 5) is 12.3. The van der Waals surface area contributed by atoms with Crippen molar-refractivity contribution in [2.45, 2.75) is 6.92 Å². The smallest absolute Gasteiger partial charge is 0.289 e. The van der Waals surface area contributed by atoms with Crippen molar-refractivity contribution in [3.63, 3.8) is 0 Å². The van der Waals surface area contributed by atoms with Crippen molar-refractivity contribution in [1.82, 2.24) is 15.6 Å². The van der Waals surface area contributed by atoms with Crippen LogP contribution in [0.4, 0.5) is 0 Å². The van der Waals surface area contributed by atoms with E-state index in [0.717, 1.165) is 16.3 Å². The van der Waals surface area contributed by atoms with Crippen LogP contribution in [0.15, 0.2) is 76.4 Å². The van der Waals surface area contributed by atoms with Gasteiger partial charge in [0.25, 0.3) is 5.91 Å². The Hall–Kier alpha value is -3.67. The minimum atomic E-state index is -0.365. The van der Waals surface area contributed by atoms with Gasteiger partial charge in [-0.15, -0.1) is 0 Å². The lowest BCUT2D eigenvalue weighted by Gasteiger charge is -2.00. The Morgan fingerprint density at radius 1 is 1.08 bits per heavy atom. The van der Waals surface area contributed by atoms with Crippen LogP contribution in [0.5, 0.6) is 0 Å². The molecule has 0 aliphatic heterocycles. The molecule has 0 saturated carbocycles. The molecule has 4 rings (SSSR count). The normalized spacial score (nSPS) is 11.7. The van der Waals surface area contributed by atoms with Gasteiger partial charge in [-0.3, -0.25) is 9.89 Å². The highest BCUT2D eigenvalue weighted by molar-refractivity contribution is 5.99. The fourth-order valence-corrected chi connectivity index (χ4v) is 2.67. The highest BCUT2D eigenvalue weighted by atomic mass is 16.3. The molecule has 2 aromatic carbocycles. The van der Waals surface area contributed by atoms with E-state index < -0.39 is 0 Å². The number of amides is 1. The number of carbonyl (C=O) groups excluding carboxylic acids is 1. The van der Waals surface area contributed by atoms with Gasteiger partial charge in [0.15, 0.2) is 0 Å². The van der Waals surface area contributed by atoms with Crippen LogP contribution in [0.3, 0.4) is 0 Å². The minimum Gasteiger partial charge on any atom is -0.463 e. The van der Waals surface area contributed by atoms with Crippen molar-refractivity contribution in [1.29, 1.82) is 0 Å². The second kappa shape index (κ2) is 6.68. The van der Waals surface area contributed by atoms with Gasteiger partial charge in [-0.25, -0.2) is 5.43 Å². The number of aromatic nitrogens is 2. The van der Waals surface area contributed by atoms with Gasteiger partial charge in [0.2, 0.25) is 0 Å². The minimum absolute atomic E-state index is 0.337. The first kappa shape index (κ1) is 15.8. The first-order valence-electron chi connectivity index (χ1n) is 8.14. The number of hydrogen-bond donors (Lipinski definition) is 2. The molecule has 0 atom stereocenters. The van der Waals surface area contributed by atoms with E-state index in [0.29, 0.717) is 22.9 Å². The molecular formula is C20H16N4O2. The van der Waals surface area contributed by atoms with Gasteiger partial charge in [-0.05, 0) is 42.0 Å². The number of carbonyl (C=O) groups is 1. The summed E-state index contributed by atoms with van der Waals surface area (Å²) in [5.74, 6) is 0.238. The highest BCUT2D eigenvalue weighted by Gasteiger charge is 2.11. The summed E-state index contributed by atoms with van der Waals surface area (Å²) in [6.07, 6.45) is 1.56. The molecule has 0 aliphatic rings. The van der Waals surface area contributed by atoms with Crippen molar-refractivity contribution < 1.29 is 9.21 Å². The topological polar surface area (TPSA) is 83.3 Å². The van der Waals surface area contributed by atoms with Crippen molar-refractivity contribution in [2.24, 2.45) is 5.10 Å². The van der Waals surface area contributed by atoms with E-state index in [-0.39, 0.29) is 5.91 Å². The van der Waals surface area contributed by atoms with Crippen LogP contribution in [0, 0.1) is 0 Å². The summed E-state index contributed by atoms with van der Waals surface area (Å²) in [5.41, 5.74) is 5.06. The molecule has 0 aliphatic carbocycles. The average molecular weight is 344 g/mol. The lowest BCUT2D eigenvalue weighted by Crippen LogP contribution is -2.19. The zero-order valence-electron chi connectivity index (χ0n) is 14.1. The van der Waals surface area contributed by atoms with Gasteiger partial charge in [0.05, 0.1) is 12.0 Å². The molecule has 2 N–H and O–H groups in total. The standard InChI is InChI=1S/C20H16N4O2/c1-13(19-7-4-10-26-19)21-24-20(25)18-12-17(22-23-18)16-9-8-14-5-2-3-6-15(14)11-16/h2-12H,1H3,(H,22,23)(H,24,25)/b21-13-. The molecule has 0 spiro atoms. The van der Waals surface area contributed by atoms with Crippen molar-refractivity contribution >= 4 is 22.4 Å². The van der Waals surface area contributed by atoms with E-state index in [1.807, 2.05) is 36.4 Å². The Morgan fingerprint density at radius 2 is 1.92 bits per heavy atom. The third-order valence-corrected chi connectivity index (χ3v) is 4.07. The van der Waals surface area contributed by atoms with Crippen LogP contribution in [0.2, 0.25) is 0 Å². The van der Waals surface area contributed by atoms with Crippen LogP contribution in [-0.2, 0) is 0 Å². The number of nitrogens with zero attached hydrogens (tertiary/aromatic N) is 2. The number of nitrogens with one attached hydrogen (secondary N) is 2. The summed E-state index contributed by atoms with van der Waals surface area (Å²) in [7, 11) is 0. The lowest BCUT2D eigenvalue weighted by atomic mass is 10.1. The largest absolute Gasteiger partial charge is 0.463 e. The molecule has 0 saturated heterocycles. The zero-order chi connectivity index (χ0) is 17.9. The second-order valence-electron chi connectivity index (χ2n) is 5.84. The first-order valence-corrected chi connectivity index (χ1v) is 8.14. The maximum atomic E-state index is 12.3. The van der Waals surface area contributed by atoms with E-state index in [1.54, 1.807) is 31.4 Å². The molecule has 128 valence electrons. The predicted octanol–water partition coefficient (Wildman–Crippen LogP) is 3.98. The van der Waals surface area contributed by atoms with E-state index in [9.17, 15) is 4.79 Å². The van der Waals surface area contributed by atoms with Gasteiger partial charge >= 0.3 is 0 Å². The van der Waals surface area contributed by atoms with Crippen LogP contribution >= 0.6 is 0 Å². The lowest BCUT2D eigenvalue weighted by molar-refractivity contribution is 0.0950. The molecule has 0 fully saturated rings. The molecule has 6 nitrogen and oxygen atoms in total. The number of hydrogen-bond acceptors (Lipinski definition) is 4. The van der Waals surface area contributed by atoms with Crippen LogP contribution in [0.1, 0.15) is 23.2 Å². The van der Waals surface area contributed by atoms with Crippen molar-refractivity contribution in [3.8, 4) is 11.3 Å². The van der Waals surface area contributed by atoms with Gasteiger partial charge < -0.3 is 4.42 Å². The molecule has 0 radical (unpaired) electrons. The molecule has 26 heavy (non-hydrogen) atoms. The Balaban J connectivity index is 1.53. The van der Waals surface area contributed by atoms with Crippen LogP contribution < -0.4 is 5.43 Å². The number of furan rings is 1. The van der Waals surface area contributed by atoms with E-state index in [2.05, 4.69) is 26.8 Å². The molecule has 2 heterocycles. The summed E-state index contributed by atoms with van der Waals surface area (Å²) in [5, 5.41) is 13.3. The monoisotopic (exact) mass is 344 g/mol. The number of benzene rings is 2. The number of hydrazone groups is 1. The van der Waals surface area contributed by atoms with Gasteiger partial charge in [-0.1, -0.05) is 36.4 Å². The molecule has 0 unspecified atom stereocenters. The maximum absolute atomic E-state index is 12.3. The van der Waals surface area contributed by atoms with Gasteiger partial charge in [0, 0.05) is 5.56 Å². The van der Waals surface area contributed by atoms with E-state index in [4.69, 9.17) is 4.42 Å². The number of fused-ring (bicyclic) bond motifs is 1. The number of rotatable bonds is 4. The van der Waals surface area contributed by atoms with Crippen molar-refractivity contribution in [2.75, 3.05) is 0 Å².